The summed E-state index contributed by atoms with van der Waals surface area (Å²) in [6.45, 7) is 7.82. The van der Waals surface area contributed by atoms with Crippen LogP contribution in [0.2, 0.25) is 0 Å². The van der Waals surface area contributed by atoms with Crippen LogP contribution in [-0.4, -0.2) is 34.7 Å². The fourth-order valence-electron chi connectivity index (χ4n) is 2.93. The maximum absolute atomic E-state index is 11.9. The summed E-state index contributed by atoms with van der Waals surface area (Å²) in [5.41, 5.74) is 1.39. The second-order valence-corrected chi connectivity index (χ2v) is 6.15. The molecule has 6 heteroatoms. The van der Waals surface area contributed by atoms with Crippen LogP contribution in [0.4, 0.5) is 0 Å². The van der Waals surface area contributed by atoms with Gasteiger partial charge in [0.1, 0.15) is 12.1 Å². The molecule has 0 aromatic heterocycles. The Labute approximate surface area is 155 Å². The smallest absolute Gasteiger partial charge is 0.220 e. The molecule has 1 rings (SSSR count). The van der Waals surface area contributed by atoms with Crippen LogP contribution in [0.25, 0.3) is 0 Å². The van der Waals surface area contributed by atoms with Gasteiger partial charge in [0.25, 0.3) is 0 Å². The molecule has 0 saturated carbocycles. The molecule has 6 nitrogen and oxygen atoms in total. The van der Waals surface area contributed by atoms with Gasteiger partial charge < -0.3 is 9.80 Å². The van der Waals surface area contributed by atoms with Crippen LogP contribution >= 0.6 is 0 Å². The summed E-state index contributed by atoms with van der Waals surface area (Å²) in [6, 6.07) is 10.1. The summed E-state index contributed by atoms with van der Waals surface area (Å²) >= 11 is 0. The highest BCUT2D eigenvalue weighted by molar-refractivity contribution is 5.75. The number of benzene rings is 1. The Morgan fingerprint density at radius 2 is 1.15 bits per heavy atom. The molecule has 0 saturated heterocycles. The molecule has 0 radical (unpaired) electrons. The third-order valence-corrected chi connectivity index (χ3v) is 4.17. The van der Waals surface area contributed by atoms with E-state index in [1.807, 2.05) is 13.8 Å². The second-order valence-electron chi connectivity index (χ2n) is 6.15. The van der Waals surface area contributed by atoms with Crippen LogP contribution in [-0.2, 0) is 9.59 Å². The molecule has 0 aliphatic heterocycles. The SMILES string of the molecule is CCCN(C(C)=O)C(C#N)c1ccc(C(C#N)N(CCC)C(C)=O)cc1. The summed E-state index contributed by atoms with van der Waals surface area (Å²) in [7, 11) is 0. The lowest BCUT2D eigenvalue weighted by Crippen LogP contribution is -2.34. The van der Waals surface area contributed by atoms with Crippen LogP contribution < -0.4 is 0 Å². The lowest BCUT2D eigenvalue weighted by Gasteiger charge is -2.28. The molecule has 0 aliphatic rings. The van der Waals surface area contributed by atoms with Gasteiger partial charge in [-0.3, -0.25) is 9.59 Å². The first-order valence-corrected chi connectivity index (χ1v) is 8.84. The first-order chi connectivity index (χ1) is 12.4. The van der Waals surface area contributed by atoms with Gasteiger partial charge in [0, 0.05) is 26.9 Å². The van der Waals surface area contributed by atoms with E-state index in [1.54, 1.807) is 24.3 Å². The van der Waals surface area contributed by atoms with E-state index in [0.717, 1.165) is 12.8 Å². The predicted molar refractivity (Wildman–Crippen MR) is 98.5 cm³/mol. The fraction of sp³-hybridized carbons (Fsp3) is 0.500. The fourth-order valence-corrected chi connectivity index (χ4v) is 2.93. The van der Waals surface area contributed by atoms with Crippen LogP contribution in [0.1, 0.15) is 63.7 Å². The van der Waals surface area contributed by atoms with Gasteiger partial charge in [0.15, 0.2) is 0 Å². The Balaban J connectivity index is 3.16. The summed E-state index contributed by atoms with van der Waals surface area (Å²) < 4.78 is 0. The first kappa shape index (κ1) is 21.2. The Morgan fingerprint density at radius 3 is 1.35 bits per heavy atom. The Kier molecular flexibility index (Phi) is 8.31. The average Bonchev–Trinajstić information content (AvgIpc) is 2.62. The van der Waals surface area contributed by atoms with Gasteiger partial charge in [-0.1, -0.05) is 38.1 Å². The number of hydrogen-bond acceptors (Lipinski definition) is 4. The van der Waals surface area contributed by atoms with E-state index in [-0.39, 0.29) is 11.8 Å². The normalized spacial score (nSPS) is 12.4. The standard InChI is InChI=1S/C20H26N4O2/c1-5-11-23(15(3)25)19(13-21)17-7-9-18(10-8-17)20(14-22)24(12-6-2)16(4)26/h7-10,19-20H,5-6,11-12H2,1-4H3. The van der Waals surface area contributed by atoms with Crippen molar-refractivity contribution in [1.29, 1.82) is 10.5 Å². The molecular formula is C20H26N4O2. The van der Waals surface area contributed by atoms with Gasteiger partial charge >= 0.3 is 0 Å². The Bertz CT molecular complexity index is 639. The molecular weight excluding hydrogens is 328 g/mol. The minimum absolute atomic E-state index is 0.150. The monoisotopic (exact) mass is 354 g/mol. The minimum Gasteiger partial charge on any atom is -0.323 e. The van der Waals surface area contributed by atoms with Crippen LogP contribution in [0.5, 0.6) is 0 Å². The first-order valence-electron chi connectivity index (χ1n) is 8.84. The molecule has 0 heterocycles. The van der Waals surface area contributed by atoms with E-state index in [0.29, 0.717) is 24.2 Å². The molecule has 0 spiro atoms. The quantitative estimate of drug-likeness (QED) is 0.716. The van der Waals surface area contributed by atoms with Gasteiger partial charge in [-0.05, 0) is 24.0 Å². The molecule has 1 aromatic rings. The zero-order chi connectivity index (χ0) is 19.7. The minimum atomic E-state index is -0.665. The van der Waals surface area contributed by atoms with Crippen LogP contribution in [0.15, 0.2) is 24.3 Å². The van der Waals surface area contributed by atoms with Crippen molar-refractivity contribution >= 4 is 11.8 Å². The number of carbonyl (C=O) groups excluding carboxylic acids is 2. The van der Waals surface area contributed by atoms with Gasteiger partial charge in [-0.15, -0.1) is 0 Å². The van der Waals surface area contributed by atoms with E-state index < -0.39 is 12.1 Å². The maximum atomic E-state index is 11.9. The van der Waals surface area contributed by atoms with Crippen molar-refractivity contribution in [2.75, 3.05) is 13.1 Å². The highest BCUT2D eigenvalue weighted by Crippen LogP contribution is 2.25. The van der Waals surface area contributed by atoms with Crippen molar-refractivity contribution in [2.45, 2.75) is 52.6 Å². The highest BCUT2D eigenvalue weighted by Gasteiger charge is 2.24. The maximum Gasteiger partial charge on any atom is 0.220 e. The van der Waals surface area contributed by atoms with Gasteiger partial charge in [0.05, 0.1) is 12.1 Å². The topological polar surface area (TPSA) is 88.2 Å². The van der Waals surface area contributed by atoms with Gasteiger partial charge in [0.2, 0.25) is 11.8 Å². The summed E-state index contributed by atoms with van der Waals surface area (Å²) in [5.74, 6) is -0.300. The van der Waals surface area contributed by atoms with E-state index >= 15 is 0 Å². The number of hydrogen-bond donors (Lipinski definition) is 0. The van der Waals surface area contributed by atoms with Crippen molar-refractivity contribution < 1.29 is 9.59 Å². The average molecular weight is 354 g/mol. The third-order valence-electron chi connectivity index (χ3n) is 4.17. The van der Waals surface area contributed by atoms with E-state index in [9.17, 15) is 20.1 Å². The summed E-state index contributed by atoms with van der Waals surface area (Å²) in [4.78, 5) is 26.8. The molecule has 0 fully saturated rings. The third kappa shape index (κ3) is 5.07. The van der Waals surface area contributed by atoms with E-state index in [1.165, 1.54) is 23.6 Å². The van der Waals surface area contributed by atoms with Crippen molar-refractivity contribution in [3.8, 4) is 12.1 Å². The van der Waals surface area contributed by atoms with Crippen molar-refractivity contribution in [3.05, 3.63) is 35.4 Å². The Hall–Kier alpha value is -2.86. The number of nitrogens with zero attached hydrogens (tertiary/aromatic N) is 4. The number of amides is 2. The molecule has 2 atom stereocenters. The molecule has 0 bridgehead atoms. The molecule has 138 valence electrons. The van der Waals surface area contributed by atoms with E-state index in [4.69, 9.17) is 0 Å². The van der Waals surface area contributed by atoms with Crippen molar-refractivity contribution in [1.82, 2.24) is 9.80 Å². The van der Waals surface area contributed by atoms with Crippen LogP contribution in [0, 0.1) is 22.7 Å². The molecule has 26 heavy (non-hydrogen) atoms. The highest BCUT2D eigenvalue weighted by atomic mass is 16.2. The van der Waals surface area contributed by atoms with E-state index in [2.05, 4.69) is 12.1 Å². The van der Waals surface area contributed by atoms with Gasteiger partial charge in [-0.2, -0.15) is 10.5 Å². The second kappa shape index (κ2) is 10.2. The lowest BCUT2D eigenvalue weighted by molar-refractivity contribution is -0.131. The predicted octanol–water partition coefficient (Wildman–Crippen LogP) is 3.33. The summed E-state index contributed by atoms with van der Waals surface area (Å²) in [5, 5.41) is 19.1. The van der Waals surface area contributed by atoms with Gasteiger partial charge in [-0.25, -0.2) is 0 Å². The zero-order valence-electron chi connectivity index (χ0n) is 15.9. The molecule has 1 aromatic carbocycles. The molecule has 2 amide bonds. The number of nitriles is 2. The zero-order valence-corrected chi connectivity index (χ0v) is 15.9. The lowest BCUT2D eigenvalue weighted by atomic mass is 10.00. The number of carbonyl (C=O) groups is 2. The van der Waals surface area contributed by atoms with Crippen LogP contribution in [0.3, 0.4) is 0 Å². The Morgan fingerprint density at radius 1 is 0.846 bits per heavy atom. The van der Waals surface area contributed by atoms with Crippen molar-refractivity contribution in [3.63, 3.8) is 0 Å². The van der Waals surface area contributed by atoms with Crippen molar-refractivity contribution in [2.24, 2.45) is 0 Å². The summed E-state index contributed by atoms with van der Waals surface area (Å²) in [6.07, 6.45) is 1.52. The number of rotatable bonds is 8. The molecule has 0 N–H and O–H groups in total. The molecule has 0 aliphatic carbocycles. The molecule has 2 unspecified atom stereocenters. The largest absolute Gasteiger partial charge is 0.323 e.